The molecule has 0 amide bonds. The van der Waals surface area contributed by atoms with E-state index >= 15 is 0 Å². The van der Waals surface area contributed by atoms with Crippen molar-refractivity contribution in [2.45, 2.75) is 26.3 Å². The zero-order chi connectivity index (χ0) is 11.5. The van der Waals surface area contributed by atoms with Crippen LogP contribution in [-0.2, 0) is 0 Å². The highest BCUT2D eigenvalue weighted by molar-refractivity contribution is 7.80. The Bertz CT molecular complexity index is 329. The van der Waals surface area contributed by atoms with E-state index in [-0.39, 0.29) is 5.54 Å². The third-order valence-electron chi connectivity index (χ3n) is 1.74. The van der Waals surface area contributed by atoms with Crippen LogP contribution in [0.3, 0.4) is 0 Å². The van der Waals surface area contributed by atoms with Crippen molar-refractivity contribution < 1.29 is 0 Å². The first kappa shape index (κ1) is 11.9. The lowest BCUT2D eigenvalue weighted by molar-refractivity contribution is 0.511. The van der Waals surface area contributed by atoms with Gasteiger partial charge in [-0.15, -0.1) is 0 Å². The monoisotopic (exact) mass is 223 g/mol. The Morgan fingerprint density at radius 1 is 1.27 bits per heavy atom. The predicted molar refractivity (Wildman–Crippen MR) is 68.6 cm³/mol. The zero-order valence-electron chi connectivity index (χ0n) is 9.32. The van der Waals surface area contributed by atoms with Crippen LogP contribution in [-0.4, -0.2) is 10.7 Å². The third-order valence-corrected chi connectivity index (χ3v) is 2.03. The van der Waals surface area contributed by atoms with Crippen LogP contribution in [0.1, 0.15) is 20.8 Å². The fraction of sp³-hybridized carbons (Fsp3) is 0.364. The molecule has 0 heterocycles. The Kier molecular flexibility index (Phi) is 3.66. The topological polar surface area (TPSA) is 41.3 Å². The summed E-state index contributed by atoms with van der Waals surface area (Å²) in [6.45, 7) is 6.12. The second-order valence-corrected chi connectivity index (χ2v) is 4.77. The molecule has 1 aromatic rings. The number of nitrogens with two attached hydrogens (primary N) is 1. The van der Waals surface area contributed by atoms with Crippen molar-refractivity contribution in [2.75, 3.05) is 5.01 Å². The number of hydrogen-bond donors (Lipinski definition) is 2. The minimum atomic E-state index is -0.0799. The number of nitrogens with zero attached hydrogens (tertiary/aromatic N) is 1. The molecule has 0 aliphatic heterocycles. The molecule has 0 saturated carbocycles. The average molecular weight is 223 g/mol. The van der Waals surface area contributed by atoms with Gasteiger partial charge in [-0.2, -0.15) is 0 Å². The Hall–Kier alpha value is -1.13. The van der Waals surface area contributed by atoms with Gasteiger partial charge in [0.05, 0.1) is 5.69 Å². The molecule has 15 heavy (non-hydrogen) atoms. The quantitative estimate of drug-likeness (QED) is 0.434. The van der Waals surface area contributed by atoms with Crippen molar-refractivity contribution in [3.8, 4) is 0 Å². The highest BCUT2D eigenvalue weighted by Gasteiger charge is 2.14. The van der Waals surface area contributed by atoms with Crippen LogP contribution in [0.25, 0.3) is 0 Å². The van der Waals surface area contributed by atoms with Crippen molar-refractivity contribution in [2.24, 2.45) is 5.84 Å². The lowest BCUT2D eigenvalue weighted by atomic mass is 10.1. The van der Waals surface area contributed by atoms with Crippen molar-refractivity contribution in [1.29, 1.82) is 0 Å². The first-order valence-electron chi connectivity index (χ1n) is 4.82. The fourth-order valence-corrected chi connectivity index (χ4v) is 1.50. The fourth-order valence-electron chi connectivity index (χ4n) is 1.09. The minimum Gasteiger partial charge on any atom is -0.357 e. The molecule has 0 aliphatic rings. The number of para-hydroxylation sites is 1. The standard InChI is InChI=1S/C11H17N3S/c1-11(2,3)13-10(15)14(12)9-7-5-4-6-8-9/h4-8H,12H2,1-3H3,(H,13,15). The maximum Gasteiger partial charge on any atom is 0.188 e. The number of benzene rings is 1. The van der Waals surface area contributed by atoms with Crippen LogP contribution in [0.2, 0.25) is 0 Å². The molecular weight excluding hydrogens is 206 g/mol. The summed E-state index contributed by atoms with van der Waals surface area (Å²) in [4.78, 5) is 0. The summed E-state index contributed by atoms with van der Waals surface area (Å²) in [6, 6.07) is 9.62. The number of rotatable bonds is 1. The molecule has 0 aliphatic carbocycles. The van der Waals surface area contributed by atoms with Crippen molar-refractivity contribution in [3.05, 3.63) is 30.3 Å². The van der Waals surface area contributed by atoms with Gasteiger partial charge in [-0.1, -0.05) is 18.2 Å². The summed E-state index contributed by atoms with van der Waals surface area (Å²) in [5.41, 5.74) is 0.794. The molecule has 0 unspecified atom stereocenters. The van der Waals surface area contributed by atoms with Gasteiger partial charge in [0.1, 0.15) is 0 Å². The van der Waals surface area contributed by atoms with E-state index in [9.17, 15) is 0 Å². The average Bonchev–Trinajstić information content (AvgIpc) is 2.15. The molecule has 4 heteroatoms. The SMILES string of the molecule is CC(C)(C)NC(=S)N(N)c1ccccc1. The second kappa shape index (κ2) is 4.59. The lowest BCUT2D eigenvalue weighted by Crippen LogP contribution is -2.51. The third kappa shape index (κ3) is 3.85. The van der Waals surface area contributed by atoms with Gasteiger partial charge >= 0.3 is 0 Å². The molecule has 0 aromatic heterocycles. The number of hydrogen-bond acceptors (Lipinski definition) is 2. The summed E-state index contributed by atoms with van der Waals surface area (Å²) in [5.74, 6) is 5.88. The van der Waals surface area contributed by atoms with Crippen LogP contribution in [0.15, 0.2) is 30.3 Å². The molecule has 0 fully saturated rings. The highest BCUT2D eigenvalue weighted by Crippen LogP contribution is 2.10. The predicted octanol–water partition coefficient (Wildman–Crippen LogP) is 2.04. The first-order chi connectivity index (χ1) is 6.90. The van der Waals surface area contributed by atoms with Crippen LogP contribution < -0.4 is 16.2 Å². The summed E-state index contributed by atoms with van der Waals surface area (Å²) >= 11 is 5.20. The van der Waals surface area contributed by atoms with Crippen LogP contribution in [0.5, 0.6) is 0 Å². The largest absolute Gasteiger partial charge is 0.357 e. The highest BCUT2D eigenvalue weighted by atomic mass is 32.1. The Balaban J connectivity index is 2.70. The normalized spacial score (nSPS) is 10.9. The van der Waals surface area contributed by atoms with Gasteiger partial charge in [-0.05, 0) is 45.1 Å². The molecule has 0 atom stereocenters. The molecule has 82 valence electrons. The van der Waals surface area contributed by atoms with Gasteiger partial charge < -0.3 is 5.32 Å². The van der Waals surface area contributed by atoms with E-state index in [0.717, 1.165) is 5.69 Å². The van der Waals surface area contributed by atoms with Gasteiger partial charge in [-0.3, -0.25) is 5.01 Å². The Morgan fingerprint density at radius 2 is 1.80 bits per heavy atom. The van der Waals surface area contributed by atoms with Gasteiger partial charge in [0.25, 0.3) is 0 Å². The zero-order valence-corrected chi connectivity index (χ0v) is 10.1. The number of nitrogens with one attached hydrogen (secondary N) is 1. The number of thiocarbonyl (C=S) groups is 1. The molecular formula is C11H17N3S. The molecule has 3 N–H and O–H groups in total. The molecule has 0 saturated heterocycles. The summed E-state index contributed by atoms with van der Waals surface area (Å²) in [6.07, 6.45) is 0. The van der Waals surface area contributed by atoms with Gasteiger partial charge in [0.2, 0.25) is 0 Å². The van der Waals surface area contributed by atoms with Crippen LogP contribution >= 0.6 is 12.2 Å². The summed E-state index contributed by atoms with van der Waals surface area (Å²) in [7, 11) is 0. The number of hydrazine groups is 1. The van der Waals surface area contributed by atoms with Crippen molar-refractivity contribution >= 4 is 23.0 Å². The molecule has 1 rings (SSSR count). The minimum absolute atomic E-state index is 0.0799. The Labute approximate surface area is 96.2 Å². The van der Waals surface area contributed by atoms with Crippen molar-refractivity contribution in [1.82, 2.24) is 5.32 Å². The molecule has 0 bridgehead atoms. The lowest BCUT2D eigenvalue weighted by Gasteiger charge is -2.27. The number of anilines is 1. The molecule has 0 radical (unpaired) electrons. The Morgan fingerprint density at radius 3 is 2.27 bits per heavy atom. The van der Waals surface area contributed by atoms with Gasteiger partial charge in [-0.25, -0.2) is 5.84 Å². The van der Waals surface area contributed by atoms with E-state index < -0.39 is 0 Å². The molecule has 3 nitrogen and oxygen atoms in total. The van der Waals surface area contributed by atoms with Gasteiger partial charge in [0.15, 0.2) is 5.11 Å². The van der Waals surface area contributed by atoms with E-state index in [2.05, 4.69) is 5.32 Å². The molecule has 1 aromatic carbocycles. The van der Waals surface area contributed by atoms with Crippen LogP contribution in [0.4, 0.5) is 5.69 Å². The van der Waals surface area contributed by atoms with Crippen LogP contribution in [0, 0.1) is 0 Å². The van der Waals surface area contributed by atoms with E-state index in [1.54, 1.807) is 0 Å². The van der Waals surface area contributed by atoms with E-state index in [1.807, 2.05) is 51.1 Å². The molecule has 0 spiro atoms. The maximum absolute atomic E-state index is 5.88. The summed E-state index contributed by atoms with van der Waals surface area (Å²) in [5, 5.41) is 5.14. The maximum atomic E-state index is 5.88. The second-order valence-electron chi connectivity index (χ2n) is 4.39. The van der Waals surface area contributed by atoms with Crippen molar-refractivity contribution in [3.63, 3.8) is 0 Å². The first-order valence-corrected chi connectivity index (χ1v) is 5.23. The van der Waals surface area contributed by atoms with E-state index in [4.69, 9.17) is 18.1 Å². The van der Waals surface area contributed by atoms with E-state index in [1.165, 1.54) is 5.01 Å². The summed E-state index contributed by atoms with van der Waals surface area (Å²) < 4.78 is 0. The van der Waals surface area contributed by atoms with E-state index in [0.29, 0.717) is 5.11 Å². The smallest absolute Gasteiger partial charge is 0.188 e. The van der Waals surface area contributed by atoms with Gasteiger partial charge in [0, 0.05) is 5.54 Å².